The standard InChI is InChI=1S/C27H25BrN2O5/c28-18-11-9-17(10-12-18)15-24(26(33)29-14-13-25(31)32)30-27(34)35-16-23-21-7-3-1-5-19(21)20-6-2-4-8-22(20)23/h1-12,23-24H,13-16H2,(H,29,33)(H,30,34)(H,31,32)/t24-/m1/s1. The number of carboxylic acids is 1. The molecule has 1 atom stereocenters. The van der Waals surface area contributed by atoms with Crippen LogP contribution in [0.1, 0.15) is 29.0 Å². The first-order valence-corrected chi connectivity index (χ1v) is 12.1. The van der Waals surface area contributed by atoms with Crippen molar-refractivity contribution >= 4 is 33.9 Å². The van der Waals surface area contributed by atoms with E-state index in [2.05, 4.69) is 38.7 Å². The number of alkyl carbamates (subject to hydrolysis) is 1. The summed E-state index contributed by atoms with van der Waals surface area (Å²) in [4.78, 5) is 36.3. The number of carbonyl (C=O) groups is 3. The summed E-state index contributed by atoms with van der Waals surface area (Å²) in [6.07, 6.45) is -0.680. The average Bonchev–Trinajstić information content (AvgIpc) is 3.17. The third kappa shape index (κ3) is 6.08. The zero-order chi connectivity index (χ0) is 24.8. The second kappa shape index (κ2) is 11.2. The Morgan fingerprint density at radius 1 is 0.914 bits per heavy atom. The van der Waals surface area contributed by atoms with Gasteiger partial charge in [0.15, 0.2) is 0 Å². The molecule has 0 heterocycles. The van der Waals surface area contributed by atoms with E-state index in [9.17, 15) is 14.4 Å². The fraction of sp³-hybridized carbons (Fsp3) is 0.222. The monoisotopic (exact) mass is 536 g/mol. The van der Waals surface area contributed by atoms with Crippen LogP contribution in [0, 0.1) is 0 Å². The second-order valence-corrected chi connectivity index (χ2v) is 9.20. The summed E-state index contributed by atoms with van der Waals surface area (Å²) in [5, 5.41) is 14.1. The number of fused-ring (bicyclic) bond motifs is 3. The molecule has 0 aromatic heterocycles. The number of rotatable bonds is 9. The highest BCUT2D eigenvalue weighted by Gasteiger charge is 2.30. The van der Waals surface area contributed by atoms with Gasteiger partial charge in [-0.3, -0.25) is 9.59 Å². The smallest absolute Gasteiger partial charge is 0.407 e. The Morgan fingerprint density at radius 2 is 1.51 bits per heavy atom. The van der Waals surface area contributed by atoms with Crippen molar-refractivity contribution in [3.63, 3.8) is 0 Å². The molecule has 0 spiro atoms. The minimum Gasteiger partial charge on any atom is -0.481 e. The molecular formula is C27H25BrN2O5. The van der Waals surface area contributed by atoms with Crippen molar-refractivity contribution in [3.05, 3.63) is 94.0 Å². The normalized spacial score (nSPS) is 12.8. The minimum atomic E-state index is -1.01. The number of aliphatic carboxylic acids is 1. The van der Waals surface area contributed by atoms with Gasteiger partial charge in [0.2, 0.25) is 5.91 Å². The van der Waals surface area contributed by atoms with Gasteiger partial charge in [0.1, 0.15) is 12.6 Å². The average molecular weight is 537 g/mol. The van der Waals surface area contributed by atoms with Gasteiger partial charge in [0, 0.05) is 23.4 Å². The van der Waals surface area contributed by atoms with Gasteiger partial charge in [0.25, 0.3) is 0 Å². The van der Waals surface area contributed by atoms with Gasteiger partial charge in [-0.2, -0.15) is 0 Å². The Hall–Kier alpha value is -3.65. The molecule has 7 nitrogen and oxygen atoms in total. The third-order valence-electron chi connectivity index (χ3n) is 5.94. The van der Waals surface area contributed by atoms with E-state index in [-0.39, 0.29) is 31.9 Å². The van der Waals surface area contributed by atoms with Gasteiger partial charge < -0.3 is 20.5 Å². The van der Waals surface area contributed by atoms with Crippen molar-refractivity contribution in [2.75, 3.05) is 13.2 Å². The number of carbonyl (C=O) groups excluding carboxylic acids is 2. The van der Waals surface area contributed by atoms with Crippen LogP contribution >= 0.6 is 15.9 Å². The maximum absolute atomic E-state index is 12.8. The molecule has 35 heavy (non-hydrogen) atoms. The minimum absolute atomic E-state index is 0.0304. The molecule has 4 rings (SSSR count). The maximum Gasteiger partial charge on any atom is 0.407 e. The molecule has 3 aromatic rings. The van der Waals surface area contributed by atoms with Crippen molar-refractivity contribution < 1.29 is 24.2 Å². The van der Waals surface area contributed by atoms with Crippen molar-refractivity contribution in [2.45, 2.75) is 24.8 Å². The zero-order valence-electron chi connectivity index (χ0n) is 18.9. The molecule has 3 N–H and O–H groups in total. The van der Waals surface area contributed by atoms with E-state index >= 15 is 0 Å². The van der Waals surface area contributed by atoms with Crippen LogP contribution in [0.2, 0.25) is 0 Å². The maximum atomic E-state index is 12.8. The molecule has 3 aromatic carbocycles. The number of halogens is 1. The highest BCUT2D eigenvalue weighted by Crippen LogP contribution is 2.44. The van der Waals surface area contributed by atoms with Crippen LogP contribution in [0.5, 0.6) is 0 Å². The molecule has 0 saturated heterocycles. The van der Waals surface area contributed by atoms with Gasteiger partial charge in [-0.05, 0) is 39.9 Å². The van der Waals surface area contributed by atoms with Crippen LogP contribution in [-0.4, -0.2) is 42.3 Å². The highest BCUT2D eigenvalue weighted by atomic mass is 79.9. The van der Waals surface area contributed by atoms with E-state index in [1.54, 1.807) is 0 Å². The first-order chi connectivity index (χ1) is 16.9. The molecule has 0 bridgehead atoms. The lowest BCUT2D eigenvalue weighted by atomic mass is 9.98. The summed E-state index contributed by atoms with van der Waals surface area (Å²) in [5.74, 6) is -1.58. The van der Waals surface area contributed by atoms with E-state index in [1.807, 2.05) is 60.7 Å². The van der Waals surface area contributed by atoms with Gasteiger partial charge in [-0.15, -0.1) is 0 Å². The lowest BCUT2D eigenvalue weighted by molar-refractivity contribution is -0.137. The van der Waals surface area contributed by atoms with Crippen LogP contribution < -0.4 is 10.6 Å². The predicted octanol–water partition coefficient (Wildman–Crippen LogP) is 4.49. The Morgan fingerprint density at radius 3 is 2.11 bits per heavy atom. The molecule has 180 valence electrons. The largest absolute Gasteiger partial charge is 0.481 e. The van der Waals surface area contributed by atoms with Crippen molar-refractivity contribution in [2.24, 2.45) is 0 Å². The van der Waals surface area contributed by atoms with Gasteiger partial charge in [-0.25, -0.2) is 4.79 Å². The first-order valence-electron chi connectivity index (χ1n) is 11.3. The Kier molecular flexibility index (Phi) is 7.82. The molecule has 1 aliphatic rings. The molecule has 1 aliphatic carbocycles. The number of hydrogen-bond donors (Lipinski definition) is 3. The van der Waals surface area contributed by atoms with Crippen LogP contribution in [0.4, 0.5) is 4.79 Å². The molecule has 0 fully saturated rings. The molecule has 2 amide bonds. The van der Waals surface area contributed by atoms with E-state index < -0.39 is 24.0 Å². The van der Waals surface area contributed by atoms with E-state index in [4.69, 9.17) is 9.84 Å². The van der Waals surface area contributed by atoms with Gasteiger partial charge in [-0.1, -0.05) is 76.6 Å². The van der Waals surface area contributed by atoms with Crippen LogP contribution in [0.25, 0.3) is 11.1 Å². The molecule has 0 radical (unpaired) electrons. The molecule has 0 unspecified atom stereocenters. The summed E-state index contributed by atoms with van der Waals surface area (Å²) in [5.41, 5.74) is 5.29. The second-order valence-electron chi connectivity index (χ2n) is 8.29. The molecular weight excluding hydrogens is 512 g/mol. The number of nitrogens with one attached hydrogen (secondary N) is 2. The van der Waals surface area contributed by atoms with E-state index in [0.29, 0.717) is 0 Å². The summed E-state index contributed by atoms with van der Waals surface area (Å²) in [6.45, 7) is 0.100. The third-order valence-corrected chi connectivity index (χ3v) is 6.47. The number of ether oxygens (including phenoxy) is 1. The fourth-order valence-electron chi connectivity index (χ4n) is 4.26. The molecule has 0 aliphatic heterocycles. The Bertz CT molecular complexity index is 1180. The predicted molar refractivity (Wildman–Crippen MR) is 135 cm³/mol. The summed E-state index contributed by atoms with van der Waals surface area (Å²) in [7, 11) is 0. The summed E-state index contributed by atoms with van der Waals surface area (Å²) >= 11 is 3.38. The summed E-state index contributed by atoms with van der Waals surface area (Å²) in [6, 6.07) is 22.6. The number of hydrogen-bond acceptors (Lipinski definition) is 4. The number of amides is 2. The topological polar surface area (TPSA) is 105 Å². The van der Waals surface area contributed by atoms with Crippen LogP contribution in [-0.2, 0) is 20.7 Å². The van der Waals surface area contributed by atoms with Crippen molar-refractivity contribution in [3.8, 4) is 11.1 Å². The van der Waals surface area contributed by atoms with Gasteiger partial charge in [0.05, 0.1) is 6.42 Å². The fourth-order valence-corrected chi connectivity index (χ4v) is 4.53. The molecule has 0 saturated carbocycles. The summed E-state index contributed by atoms with van der Waals surface area (Å²) < 4.78 is 6.48. The van der Waals surface area contributed by atoms with Crippen LogP contribution in [0.15, 0.2) is 77.3 Å². The Balaban J connectivity index is 1.43. The Labute approximate surface area is 211 Å². The lowest BCUT2D eigenvalue weighted by Gasteiger charge is -2.20. The highest BCUT2D eigenvalue weighted by molar-refractivity contribution is 9.10. The number of benzene rings is 3. The zero-order valence-corrected chi connectivity index (χ0v) is 20.5. The first kappa shape index (κ1) is 24.5. The SMILES string of the molecule is O=C(O)CCNC(=O)[C@@H](Cc1ccc(Br)cc1)NC(=O)OCC1c2ccccc2-c2ccccc21. The lowest BCUT2D eigenvalue weighted by Crippen LogP contribution is -2.48. The van der Waals surface area contributed by atoms with Crippen molar-refractivity contribution in [1.82, 2.24) is 10.6 Å². The van der Waals surface area contributed by atoms with Crippen molar-refractivity contribution in [1.29, 1.82) is 0 Å². The molecule has 8 heteroatoms. The quantitative estimate of drug-likeness (QED) is 0.373. The number of carboxylic acid groups (broad SMARTS) is 1. The van der Waals surface area contributed by atoms with E-state index in [1.165, 1.54) is 0 Å². The van der Waals surface area contributed by atoms with Gasteiger partial charge >= 0.3 is 12.1 Å². The van der Waals surface area contributed by atoms with E-state index in [0.717, 1.165) is 32.3 Å². The van der Waals surface area contributed by atoms with Crippen LogP contribution in [0.3, 0.4) is 0 Å².